The van der Waals surface area contributed by atoms with E-state index >= 15 is 0 Å². The number of nitrogens with zero attached hydrogens (tertiary/aromatic N) is 1. The smallest absolute Gasteiger partial charge is 0.258 e. The number of nitro groups is 1. The molecule has 2 aromatic rings. The molecule has 0 saturated heterocycles. The number of halogens is 1. The largest absolute Gasteiger partial charge is 0.305 e. The van der Waals surface area contributed by atoms with Gasteiger partial charge in [-0.25, -0.2) is 0 Å². The maximum absolute atomic E-state index is 13.5. The van der Waals surface area contributed by atoms with Crippen LogP contribution >= 0.6 is 0 Å². The van der Waals surface area contributed by atoms with Crippen molar-refractivity contribution in [2.45, 2.75) is 6.42 Å². The Balaban J connectivity index is 2.23. The van der Waals surface area contributed by atoms with Gasteiger partial charge in [0.25, 0.3) is 0 Å². The van der Waals surface area contributed by atoms with Gasteiger partial charge >= 0.3 is 5.69 Å². The number of hydrogen-bond acceptors (Lipinski definition) is 2. The molecule has 0 radical (unpaired) electrons. The first kappa shape index (κ1) is 9.96. The van der Waals surface area contributed by atoms with E-state index in [-0.39, 0.29) is 0 Å². The second-order valence-electron chi connectivity index (χ2n) is 4.05. The van der Waals surface area contributed by atoms with Gasteiger partial charge in [-0.2, -0.15) is 4.39 Å². The van der Waals surface area contributed by atoms with Crippen LogP contribution in [0.5, 0.6) is 0 Å². The van der Waals surface area contributed by atoms with E-state index in [0.717, 1.165) is 22.3 Å². The Bertz CT molecular complexity index is 637. The second-order valence-corrected chi connectivity index (χ2v) is 4.05. The minimum absolute atomic E-state index is 0.448. The van der Waals surface area contributed by atoms with Crippen molar-refractivity contribution in [1.29, 1.82) is 0 Å². The third kappa shape index (κ3) is 1.41. The quantitative estimate of drug-likeness (QED) is 0.474. The fraction of sp³-hybridized carbons (Fsp3) is 0.0769. The lowest BCUT2D eigenvalue weighted by Crippen LogP contribution is -1.94. The van der Waals surface area contributed by atoms with Gasteiger partial charge in [0.2, 0.25) is 5.82 Å². The summed E-state index contributed by atoms with van der Waals surface area (Å²) < 4.78 is 13.5. The summed E-state index contributed by atoms with van der Waals surface area (Å²) in [5.41, 5.74) is 3.19. The molecule has 0 bridgehead atoms. The molecule has 84 valence electrons. The molecule has 17 heavy (non-hydrogen) atoms. The normalized spacial score (nSPS) is 12.1. The van der Waals surface area contributed by atoms with E-state index < -0.39 is 16.4 Å². The molecule has 0 unspecified atom stereocenters. The van der Waals surface area contributed by atoms with Crippen molar-refractivity contribution >= 4 is 5.69 Å². The maximum atomic E-state index is 13.5. The van der Waals surface area contributed by atoms with Crippen LogP contribution in [-0.2, 0) is 6.42 Å². The second kappa shape index (κ2) is 3.38. The van der Waals surface area contributed by atoms with Crippen LogP contribution in [0.15, 0.2) is 36.4 Å². The Morgan fingerprint density at radius 1 is 1.12 bits per heavy atom. The molecule has 1 aliphatic rings. The van der Waals surface area contributed by atoms with Gasteiger partial charge in [-0.15, -0.1) is 0 Å². The third-order valence-corrected chi connectivity index (χ3v) is 3.06. The summed E-state index contributed by atoms with van der Waals surface area (Å²) in [7, 11) is 0. The zero-order valence-electron chi connectivity index (χ0n) is 8.81. The zero-order chi connectivity index (χ0) is 12.0. The van der Waals surface area contributed by atoms with Gasteiger partial charge in [0.05, 0.1) is 4.92 Å². The molecule has 2 aromatic carbocycles. The Labute approximate surface area is 96.7 Å². The van der Waals surface area contributed by atoms with E-state index in [4.69, 9.17) is 0 Å². The Morgan fingerprint density at radius 2 is 1.88 bits per heavy atom. The highest BCUT2D eigenvalue weighted by atomic mass is 19.1. The van der Waals surface area contributed by atoms with Gasteiger partial charge in [0.1, 0.15) is 0 Å². The molecular weight excluding hydrogens is 221 g/mol. The summed E-state index contributed by atoms with van der Waals surface area (Å²) >= 11 is 0. The van der Waals surface area contributed by atoms with Crippen LogP contribution in [0, 0.1) is 15.9 Å². The van der Waals surface area contributed by atoms with E-state index in [1.165, 1.54) is 12.1 Å². The minimum atomic E-state index is -0.773. The number of rotatable bonds is 1. The molecule has 0 N–H and O–H groups in total. The summed E-state index contributed by atoms with van der Waals surface area (Å²) in [6, 6.07) is 10.3. The number of fused-ring (bicyclic) bond motifs is 3. The fourth-order valence-corrected chi connectivity index (χ4v) is 2.28. The Morgan fingerprint density at radius 3 is 2.65 bits per heavy atom. The maximum Gasteiger partial charge on any atom is 0.305 e. The molecule has 3 nitrogen and oxygen atoms in total. The predicted octanol–water partition coefficient (Wildman–Crippen LogP) is 3.31. The predicted molar refractivity (Wildman–Crippen MR) is 61.3 cm³/mol. The average Bonchev–Trinajstić information content (AvgIpc) is 2.65. The highest BCUT2D eigenvalue weighted by molar-refractivity contribution is 5.77. The number of benzene rings is 2. The Hall–Kier alpha value is -2.23. The van der Waals surface area contributed by atoms with Crippen LogP contribution in [0.2, 0.25) is 0 Å². The van der Waals surface area contributed by atoms with Crippen LogP contribution in [0.25, 0.3) is 11.1 Å². The lowest BCUT2D eigenvalue weighted by Gasteiger charge is -2.01. The summed E-state index contributed by atoms with van der Waals surface area (Å²) in [6.45, 7) is 0. The summed E-state index contributed by atoms with van der Waals surface area (Å²) in [4.78, 5) is 9.98. The molecular formula is C13H8FNO2. The Kier molecular flexibility index (Phi) is 1.98. The topological polar surface area (TPSA) is 43.1 Å². The molecule has 4 heteroatoms. The molecule has 0 aromatic heterocycles. The van der Waals surface area contributed by atoms with E-state index in [1.807, 2.05) is 24.3 Å². The van der Waals surface area contributed by atoms with E-state index in [2.05, 4.69) is 0 Å². The standard InChI is InChI=1S/C13H8FNO2/c14-12-7-11-9(6-13(12)15(16)17)5-8-3-1-2-4-10(8)11/h1-4,6-7H,5H2. The summed E-state index contributed by atoms with van der Waals surface area (Å²) in [6.07, 6.45) is 0.632. The first-order chi connectivity index (χ1) is 8.16. The minimum Gasteiger partial charge on any atom is -0.258 e. The molecule has 0 atom stereocenters. The van der Waals surface area contributed by atoms with Crippen molar-refractivity contribution in [2.75, 3.05) is 0 Å². The number of nitro benzene ring substituents is 1. The van der Waals surface area contributed by atoms with Crippen molar-refractivity contribution in [3.05, 3.63) is 63.5 Å². The average molecular weight is 229 g/mol. The highest BCUT2D eigenvalue weighted by Gasteiger charge is 2.24. The van der Waals surface area contributed by atoms with Crippen LogP contribution in [0.1, 0.15) is 11.1 Å². The van der Waals surface area contributed by atoms with Gasteiger partial charge in [-0.05, 0) is 34.7 Å². The zero-order valence-corrected chi connectivity index (χ0v) is 8.81. The molecule has 0 saturated carbocycles. The van der Waals surface area contributed by atoms with Crippen molar-refractivity contribution in [2.24, 2.45) is 0 Å². The van der Waals surface area contributed by atoms with E-state index in [9.17, 15) is 14.5 Å². The van der Waals surface area contributed by atoms with Crippen molar-refractivity contribution < 1.29 is 9.31 Å². The molecule has 0 fully saturated rings. The lowest BCUT2D eigenvalue weighted by atomic mass is 10.1. The molecule has 0 aliphatic heterocycles. The van der Waals surface area contributed by atoms with E-state index in [0.29, 0.717) is 6.42 Å². The van der Waals surface area contributed by atoms with Crippen molar-refractivity contribution in [3.8, 4) is 11.1 Å². The summed E-state index contributed by atoms with van der Waals surface area (Å²) in [5, 5.41) is 10.7. The van der Waals surface area contributed by atoms with Crippen LogP contribution in [0.4, 0.5) is 10.1 Å². The molecule has 0 amide bonds. The first-order valence-electron chi connectivity index (χ1n) is 5.22. The first-order valence-corrected chi connectivity index (χ1v) is 5.22. The summed E-state index contributed by atoms with van der Waals surface area (Å²) in [5.74, 6) is -0.773. The monoisotopic (exact) mass is 229 g/mol. The molecule has 3 rings (SSSR count). The van der Waals surface area contributed by atoms with Gasteiger partial charge in [-0.3, -0.25) is 10.1 Å². The lowest BCUT2D eigenvalue weighted by molar-refractivity contribution is -0.387. The molecule has 0 spiro atoms. The van der Waals surface area contributed by atoms with Crippen LogP contribution in [-0.4, -0.2) is 4.92 Å². The third-order valence-electron chi connectivity index (χ3n) is 3.06. The molecule has 0 heterocycles. The SMILES string of the molecule is O=[N+]([O-])c1cc2c(cc1F)-c1ccccc1C2. The van der Waals surface area contributed by atoms with Crippen molar-refractivity contribution in [1.82, 2.24) is 0 Å². The van der Waals surface area contributed by atoms with Gasteiger partial charge in [0.15, 0.2) is 0 Å². The fourth-order valence-electron chi connectivity index (χ4n) is 2.28. The number of hydrogen-bond donors (Lipinski definition) is 0. The van der Waals surface area contributed by atoms with Gasteiger partial charge in [0, 0.05) is 6.07 Å². The van der Waals surface area contributed by atoms with E-state index in [1.54, 1.807) is 0 Å². The van der Waals surface area contributed by atoms with Gasteiger partial charge < -0.3 is 0 Å². The van der Waals surface area contributed by atoms with Crippen LogP contribution in [0.3, 0.4) is 0 Å². The molecule has 1 aliphatic carbocycles. The highest BCUT2D eigenvalue weighted by Crippen LogP contribution is 2.39. The van der Waals surface area contributed by atoms with Crippen molar-refractivity contribution in [3.63, 3.8) is 0 Å². The van der Waals surface area contributed by atoms with Gasteiger partial charge in [-0.1, -0.05) is 24.3 Å². The van der Waals surface area contributed by atoms with Crippen LogP contribution < -0.4 is 0 Å².